The Kier molecular flexibility index (Phi) is 7.20. The molecule has 5 rings (SSSR count). The van der Waals surface area contributed by atoms with Crippen LogP contribution < -0.4 is 9.21 Å². The highest BCUT2D eigenvalue weighted by Crippen LogP contribution is 2.29. The molecule has 0 spiro atoms. The van der Waals surface area contributed by atoms with Crippen molar-refractivity contribution in [3.05, 3.63) is 108 Å². The number of carbonyl (C=O) groups is 1. The maximum Gasteiger partial charge on any atom is 0.283 e. The quantitative estimate of drug-likeness (QED) is 0.360. The number of hydrogen-bond donors (Lipinski definition) is 0. The molecule has 1 aliphatic heterocycles. The molecule has 2 heterocycles. The number of carbonyl (C=O) groups excluding carboxylic acids is 1. The molecule has 0 atom stereocenters. The molecular formula is C29H31N5O3S. The fraction of sp³-hybridized carbons (Fsp3) is 0.241. The summed E-state index contributed by atoms with van der Waals surface area (Å²) in [5, 5.41) is -0.0215. The fourth-order valence-electron chi connectivity index (χ4n) is 4.74. The van der Waals surface area contributed by atoms with Crippen LogP contribution in [0.4, 0.5) is 11.4 Å². The minimum atomic E-state index is -3.94. The van der Waals surface area contributed by atoms with Crippen LogP contribution in [0.5, 0.6) is 0 Å². The number of sulfonamides is 1. The summed E-state index contributed by atoms with van der Waals surface area (Å²) in [6.45, 7) is 4.77. The standard InChI is InChI=1S/C29H31N5O3S/c1-23-19-25(29(35)33-17-15-32(16-18-33)26-11-7-4-8-12-26)13-14-27(23)34(20-24-9-5-3-6-10-24)38(36,37)28-21-31(2)22-30-28/h3-14,19,21-22H,15-18,20H2,1-2H3. The average Bonchev–Trinajstić information content (AvgIpc) is 3.40. The smallest absolute Gasteiger partial charge is 0.283 e. The summed E-state index contributed by atoms with van der Waals surface area (Å²) in [5.74, 6) is -0.0467. The zero-order valence-corrected chi connectivity index (χ0v) is 22.4. The highest BCUT2D eigenvalue weighted by Gasteiger charge is 2.29. The van der Waals surface area contributed by atoms with Gasteiger partial charge in [-0.25, -0.2) is 4.98 Å². The zero-order valence-electron chi connectivity index (χ0n) is 21.6. The van der Waals surface area contributed by atoms with E-state index in [4.69, 9.17) is 0 Å². The molecule has 0 unspecified atom stereocenters. The van der Waals surface area contributed by atoms with E-state index in [0.29, 0.717) is 29.9 Å². The van der Waals surface area contributed by atoms with Crippen molar-refractivity contribution in [2.24, 2.45) is 7.05 Å². The molecule has 0 bridgehead atoms. The topological polar surface area (TPSA) is 78.8 Å². The second kappa shape index (κ2) is 10.7. The van der Waals surface area contributed by atoms with Crippen LogP contribution in [-0.4, -0.2) is 55.0 Å². The molecule has 1 fully saturated rings. The Morgan fingerprint density at radius 3 is 2.18 bits per heavy atom. The third-order valence-corrected chi connectivity index (χ3v) is 8.45. The molecule has 0 aliphatic carbocycles. The van der Waals surface area contributed by atoms with Gasteiger partial charge in [-0.2, -0.15) is 8.42 Å². The van der Waals surface area contributed by atoms with Gasteiger partial charge in [-0.3, -0.25) is 9.10 Å². The van der Waals surface area contributed by atoms with E-state index in [1.807, 2.05) is 60.4 Å². The van der Waals surface area contributed by atoms with Gasteiger partial charge in [-0.05, 0) is 48.4 Å². The van der Waals surface area contributed by atoms with Crippen molar-refractivity contribution in [3.63, 3.8) is 0 Å². The number of hydrogen-bond acceptors (Lipinski definition) is 5. The van der Waals surface area contributed by atoms with E-state index < -0.39 is 10.0 Å². The van der Waals surface area contributed by atoms with E-state index in [9.17, 15) is 13.2 Å². The molecule has 8 nitrogen and oxygen atoms in total. The Labute approximate surface area is 223 Å². The molecule has 0 radical (unpaired) electrons. The van der Waals surface area contributed by atoms with Gasteiger partial charge < -0.3 is 14.4 Å². The fourth-order valence-corrected chi connectivity index (χ4v) is 6.23. The monoisotopic (exact) mass is 529 g/mol. The third kappa shape index (κ3) is 5.28. The predicted molar refractivity (Wildman–Crippen MR) is 149 cm³/mol. The highest BCUT2D eigenvalue weighted by molar-refractivity contribution is 7.92. The van der Waals surface area contributed by atoms with Crippen LogP contribution in [0.2, 0.25) is 0 Å². The van der Waals surface area contributed by atoms with Gasteiger partial charge in [0.2, 0.25) is 0 Å². The first-order valence-electron chi connectivity index (χ1n) is 12.6. The molecule has 0 saturated carbocycles. The summed E-state index contributed by atoms with van der Waals surface area (Å²) in [7, 11) is -2.20. The van der Waals surface area contributed by atoms with Crippen LogP contribution in [0.15, 0.2) is 96.4 Å². The number of amides is 1. The van der Waals surface area contributed by atoms with Crippen LogP contribution in [0.25, 0.3) is 0 Å². The minimum absolute atomic E-state index is 0.0215. The molecule has 0 N–H and O–H groups in total. The number of anilines is 2. The van der Waals surface area contributed by atoms with Crippen LogP contribution in [-0.2, 0) is 23.6 Å². The summed E-state index contributed by atoms with van der Waals surface area (Å²) in [6, 6.07) is 24.9. The highest BCUT2D eigenvalue weighted by atomic mass is 32.2. The van der Waals surface area contributed by atoms with Crippen LogP contribution in [0.3, 0.4) is 0 Å². The molecule has 196 valence electrons. The number of rotatable bonds is 7. The number of aromatic nitrogens is 2. The summed E-state index contributed by atoms with van der Waals surface area (Å²) >= 11 is 0. The molecule has 9 heteroatoms. The van der Waals surface area contributed by atoms with Crippen molar-refractivity contribution in [2.45, 2.75) is 18.5 Å². The number of benzene rings is 3. The Hall–Kier alpha value is -4.11. The molecular weight excluding hydrogens is 498 g/mol. The van der Waals surface area contributed by atoms with Crippen molar-refractivity contribution in [2.75, 3.05) is 35.4 Å². The molecule has 4 aromatic rings. The average molecular weight is 530 g/mol. The van der Waals surface area contributed by atoms with Crippen molar-refractivity contribution < 1.29 is 13.2 Å². The Bertz CT molecular complexity index is 1510. The molecule has 1 aromatic heterocycles. The van der Waals surface area contributed by atoms with Crippen molar-refractivity contribution in [1.29, 1.82) is 0 Å². The maximum absolute atomic E-state index is 13.7. The first kappa shape index (κ1) is 25.5. The lowest BCUT2D eigenvalue weighted by Crippen LogP contribution is -2.48. The van der Waals surface area contributed by atoms with Gasteiger partial charge in [0, 0.05) is 50.7 Å². The zero-order chi connectivity index (χ0) is 26.7. The van der Waals surface area contributed by atoms with Crippen molar-refractivity contribution >= 4 is 27.3 Å². The Morgan fingerprint density at radius 2 is 1.58 bits per heavy atom. The van der Waals surface area contributed by atoms with Gasteiger partial charge in [-0.15, -0.1) is 0 Å². The Balaban J connectivity index is 1.39. The number of imidazole rings is 1. The largest absolute Gasteiger partial charge is 0.368 e. The number of aryl methyl sites for hydroxylation is 2. The second-order valence-corrected chi connectivity index (χ2v) is 11.3. The molecule has 1 amide bonds. The normalized spacial score (nSPS) is 13.9. The van der Waals surface area contributed by atoms with E-state index in [1.165, 1.54) is 16.8 Å². The van der Waals surface area contributed by atoms with Gasteiger partial charge in [0.15, 0.2) is 5.03 Å². The van der Waals surface area contributed by atoms with Crippen LogP contribution in [0, 0.1) is 6.92 Å². The van der Waals surface area contributed by atoms with E-state index >= 15 is 0 Å². The number of nitrogens with zero attached hydrogens (tertiary/aromatic N) is 5. The molecule has 3 aromatic carbocycles. The molecule has 38 heavy (non-hydrogen) atoms. The summed E-state index contributed by atoms with van der Waals surface area (Å²) in [6.07, 6.45) is 2.97. The summed E-state index contributed by atoms with van der Waals surface area (Å²) < 4.78 is 30.4. The first-order valence-corrected chi connectivity index (χ1v) is 14.0. The van der Waals surface area contributed by atoms with E-state index in [2.05, 4.69) is 22.0 Å². The van der Waals surface area contributed by atoms with Gasteiger partial charge >= 0.3 is 0 Å². The number of piperazine rings is 1. The summed E-state index contributed by atoms with van der Waals surface area (Å²) in [5.41, 5.74) is 3.78. The summed E-state index contributed by atoms with van der Waals surface area (Å²) in [4.78, 5) is 21.6. The van der Waals surface area contributed by atoms with Gasteiger partial charge in [0.1, 0.15) is 0 Å². The van der Waals surface area contributed by atoms with E-state index in [1.54, 1.807) is 29.8 Å². The van der Waals surface area contributed by atoms with E-state index in [-0.39, 0.29) is 17.5 Å². The van der Waals surface area contributed by atoms with Crippen LogP contribution in [0.1, 0.15) is 21.5 Å². The van der Waals surface area contributed by atoms with Gasteiger partial charge in [0.05, 0.1) is 18.6 Å². The SMILES string of the molecule is Cc1cc(C(=O)N2CCN(c3ccccc3)CC2)ccc1N(Cc1ccccc1)S(=O)(=O)c1cn(C)cn1. The van der Waals surface area contributed by atoms with Gasteiger partial charge in [-0.1, -0.05) is 48.5 Å². The van der Waals surface area contributed by atoms with Crippen molar-refractivity contribution in [3.8, 4) is 0 Å². The third-order valence-electron chi connectivity index (χ3n) is 6.81. The molecule has 1 aliphatic rings. The minimum Gasteiger partial charge on any atom is -0.368 e. The lowest BCUT2D eigenvalue weighted by molar-refractivity contribution is 0.0746. The lowest BCUT2D eigenvalue weighted by atomic mass is 10.1. The van der Waals surface area contributed by atoms with Gasteiger partial charge in [0.25, 0.3) is 15.9 Å². The lowest BCUT2D eigenvalue weighted by Gasteiger charge is -2.36. The Morgan fingerprint density at radius 1 is 0.921 bits per heavy atom. The van der Waals surface area contributed by atoms with E-state index in [0.717, 1.165) is 24.3 Å². The first-order chi connectivity index (χ1) is 18.3. The predicted octanol–water partition coefficient (Wildman–Crippen LogP) is 4.09. The second-order valence-electron chi connectivity index (χ2n) is 9.49. The van der Waals surface area contributed by atoms with Crippen LogP contribution >= 0.6 is 0 Å². The maximum atomic E-state index is 13.7. The number of para-hydroxylation sites is 1. The molecule has 1 saturated heterocycles. The van der Waals surface area contributed by atoms with Crippen molar-refractivity contribution in [1.82, 2.24) is 14.5 Å².